The fourth-order valence-corrected chi connectivity index (χ4v) is 4.90. The van der Waals surface area contributed by atoms with Crippen molar-refractivity contribution in [3.63, 3.8) is 0 Å². The molecule has 0 aliphatic rings. The number of carbonyl (C=O) groups is 1. The Morgan fingerprint density at radius 3 is 2.19 bits per heavy atom. The van der Waals surface area contributed by atoms with E-state index in [1.54, 1.807) is 18.7 Å². The van der Waals surface area contributed by atoms with Gasteiger partial charge < -0.3 is 5.32 Å². The van der Waals surface area contributed by atoms with E-state index < -0.39 is 16.1 Å². The van der Waals surface area contributed by atoms with Gasteiger partial charge in [-0.2, -0.15) is 11.8 Å². The molecule has 0 radical (unpaired) electrons. The number of nitrogens with zero attached hydrogens (tertiary/aromatic N) is 1. The SMILES string of the molecule is CC[C@@H](C(=O)NCCSC(C)(C)C)N(c1cc(Cl)cc(Cl)c1)S(C)(=O)=O. The van der Waals surface area contributed by atoms with E-state index in [0.717, 1.165) is 16.3 Å². The molecule has 0 aliphatic heterocycles. The van der Waals surface area contributed by atoms with Crippen LogP contribution in [0.2, 0.25) is 10.0 Å². The number of anilines is 1. The average Bonchev–Trinajstić information content (AvgIpc) is 2.45. The molecule has 0 fully saturated rings. The maximum atomic E-state index is 12.6. The number of sulfonamides is 1. The highest BCUT2D eigenvalue weighted by Crippen LogP contribution is 2.29. The summed E-state index contributed by atoms with van der Waals surface area (Å²) in [4.78, 5) is 12.6. The molecule has 1 aromatic rings. The van der Waals surface area contributed by atoms with Crippen LogP contribution in [0, 0.1) is 0 Å². The van der Waals surface area contributed by atoms with Gasteiger partial charge in [0.1, 0.15) is 6.04 Å². The second-order valence-corrected chi connectivity index (χ2v) is 11.5. The van der Waals surface area contributed by atoms with E-state index in [9.17, 15) is 13.2 Å². The molecule has 0 saturated heterocycles. The van der Waals surface area contributed by atoms with Gasteiger partial charge >= 0.3 is 0 Å². The molecular weight excluding hydrogens is 415 g/mol. The van der Waals surface area contributed by atoms with E-state index >= 15 is 0 Å². The first-order valence-electron chi connectivity index (χ1n) is 8.22. The summed E-state index contributed by atoms with van der Waals surface area (Å²) in [5, 5.41) is 3.43. The predicted molar refractivity (Wildman–Crippen MR) is 113 cm³/mol. The Morgan fingerprint density at radius 1 is 1.23 bits per heavy atom. The molecule has 0 unspecified atom stereocenters. The number of carbonyl (C=O) groups excluding carboxylic acids is 1. The molecule has 26 heavy (non-hydrogen) atoms. The van der Waals surface area contributed by atoms with E-state index in [0.29, 0.717) is 23.0 Å². The largest absolute Gasteiger partial charge is 0.353 e. The zero-order valence-electron chi connectivity index (χ0n) is 15.7. The highest BCUT2D eigenvalue weighted by atomic mass is 35.5. The monoisotopic (exact) mass is 440 g/mol. The number of thioether (sulfide) groups is 1. The molecule has 0 bridgehead atoms. The van der Waals surface area contributed by atoms with Crippen molar-refractivity contribution in [2.45, 2.75) is 44.9 Å². The van der Waals surface area contributed by atoms with Gasteiger partial charge in [-0.25, -0.2) is 8.42 Å². The molecule has 0 aliphatic carbocycles. The third-order valence-corrected chi connectivity index (χ3v) is 6.26. The van der Waals surface area contributed by atoms with E-state index in [-0.39, 0.29) is 16.3 Å². The van der Waals surface area contributed by atoms with Crippen LogP contribution >= 0.6 is 35.0 Å². The number of benzene rings is 1. The van der Waals surface area contributed by atoms with Crippen LogP contribution < -0.4 is 9.62 Å². The molecule has 0 heterocycles. The van der Waals surface area contributed by atoms with Crippen molar-refractivity contribution < 1.29 is 13.2 Å². The molecule has 1 rings (SSSR count). The molecule has 1 aromatic carbocycles. The minimum absolute atomic E-state index is 0.102. The zero-order chi connectivity index (χ0) is 20.1. The Hall–Kier alpha value is -0.630. The summed E-state index contributed by atoms with van der Waals surface area (Å²) in [6.07, 6.45) is 1.38. The van der Waals surface area contributed by atoms with E-state index in [4.69, 9.17) is 23.2 Å². The van der Waals surface area contributed by atoms with Crippen LogP contribution in [0.3, 0.4) is 0 Å². The van der Waals surface area contributed by atoms with Crippen LogP contribution in [0.25, 0.3) is 0 Å². The predicted octanol–water partition coefficient (Wildman–Crippen LogP) is 4.19. The Labute approximate surface area is 170 Å². The maximum Gasteiger partial charge on any atom is 0.243 e. The van der Waals surface area contributed by atoms with Crippen molar-refractivity contribution in [2.75, 3.05) is 22.9 Å². The quantitative estimate of drug-likeness (QED) is 0.615. The molecule has 0 spiro atoms. The fraction of sp³-hybridized carbons (Fsp3) is 0.588. The molecule has 0 saturated carbocycles. The van der Waals surface area contributed by atoms with Gasteiger partial charge in [0.05, 0.1) is 11.9 Å². The first-order chi connectivity index (χ1) is 11.8. The Kier molecular flexibility index (Phi) is 8.58. The third-order valence-electron chi connectivity index (χ3n) is 3.37. The normalized spacial score (nSPS) is 13.3. The van der Waals surface area contributed by atoms with Crippen molar-refractivity contribution in [2.24, 2.45) is 0 Å². The van der Waals surface area contributed by atoms with Gasteiger partial charge in [-0.1, -0.05) is 50.9 Å². The standard InChI is InChI=1S/C17H26Cl2N2O3S2/c1-6-15(16(22)20-7-8-25-17(2,3)4)21(26(5,23)24)14-10-12(18)9-13(19)11-14/h9-11,15H,6-8H2,1-5H3,(H,20,22)/t15-/m0/s1. The van der Waals surface area contributed by atoms with Gasteiger partial charge in [0.2, 0.25) is 15.9 Å². The third kappa shape index (κ3) is 7.55. The summed E-state index contributed by atoms with van der Waals surface area (Å²) in [6.45, 7) is 8.53. The molecule has 1 amide bonds. The second-order valence-electron chi connectivity index (χ2n) is 6.86. The first kappa shape index (κ1) is 23.4. The van der Waals surface area contributed by atoms with Gasteiger partial charge in [0, 0.05) is 27.1 Å². The minimum Gasteiger partial charge on any atom is -0.353 e. The molecule has 1 atom stereocenters. The van der Waals surface area contributed by atoms with Crippen molar-refractivity contribution >= 4 is 56.6 Å². The Morgan fingerprint density at radius 2 is 1.77 bits per heavy atom. The van der Waals surface area contributed by atoms with Gasteiger partial charge in [-0.3, -0.25) is 9.10 Å². The number of rotatable bonds is 8. The van der Waals surface area contributed by atoms with Crippen LogP contribution in [0.15, 0.2) is 18.2 Å². The molecule has 148 valence electrons. The second kappa shape index (κ2) is 9.53. The highest BCUT2D eigenvalue weighted by molar-refractivity contribution is 8.00. The summed E-state index contributed by atoms with van der Waals surface area (Å²) in [5.74, 6) is 0.400. The first-order valence-corrected chi connectivity index (χ1v) is 11.8. The smallest absolute Gasteiger partial charge is 0.243 e. The zero-order valence-corrected chi connectivity index (χ0v) is 18.8. The molecule has 9 heteroatoms. The van der Waals surface area contributed by atoms with E-state index in [1.165, 1.54) is 18.2 Å². The fourth-order valence-electron chi connectivity index (χ4n) is 2.38. The van der Waals surface area contributed by atoms with Crippen molar-refractivity contribution in [3.8, 4) is 0 Å². The summed E-state index contributed by atoms with van der Waals surface area (Å²) in [6, 6.07) is 3.61. The topological polar surface area (TPSA) is 66.5 Å². The van der Waals surface area contributed by atoms with Gasteiger partial charge in [-0.05, 0) is 24.6 Å². The number of amides is 1. The molecular formula is C17H26Cl2N2O3S2. The molecule has 5 nitrogen and oxygen atoms in total. The molecule has 0 aromatic heterocycles. The van der Waals surface area contributed by atoms with Crippen molar-refractivity contribution in [3.05, 3.63) is 28.2 Å². The molecule has 1 N–H and O–H groups in total. The lowest BCUT2D eigenvalue weighted by atomic mass is 10.2. The summed E-state index contributed by atoms with van der Waals surface area (Å²) in [7, 11) is -3.71. The van der Waals surface area contributed by atoms with Gasteiger partial charge in [0.25, 0.3) is 0 Å². The van der Waals surface area contributed by atoms with Crippen LogP contribution in [-0.2, 0) is 14.8 Å². The van der Waals surface area contributed by atoms with Gasteiger partial charge in [0.15, 0.2) is 0 Å². The van der Waals surface area contributed by atoms with Crippen molar-refractivity contribution in [1.82, 2.24) is 5.32 Å². The number of halogens is 2. The van der Waals surface area contributed by atoms with Gasteiger partial charge in [-0.15, -0.1) is 0 Å². The Balaban J connectivity index is 3.02. The van der Waals surface area contributed by atoms with Crippen LogP contribution in [-0.4, -0.2) is 43.7 Å². The summed E-state index contributed by atoms with van der Waals surface area (Å²) >= 11 is 13.7. The number of hydrogen-bond donors (Lipinski definition) is 1. The number of hydrogen-bond acceptors (Lipinski definition) is 4. The number of nitrogens with one attached hydrogen (secondary N) is 1. The summed E-state index contributed by atoms with van der Waals surface area (Å²) in [5.41, 5.74) is 0.274. The van der Waals surface area contributed by atoms with Crippen LogP contribution in [0.4, 0.5) is 5.69 Å². The lowest BCUT2D eigenvalue weighted by Crippen LogP contribution is -2.49. The van der Waals surface area contributed by atoms with E-state index in [2.05, 4.69) is 26.1 Å². The lowest BCUT2D eigenvalue weighted by molar-refractivity contribution is -0.122. The lowest BCUT2D eigenvalue weighted by Gasteiger charge is -2.30. The Bertz CT molecular complexity index is 714. The average molecular weight is 441 g/mol. The van der Waals surface area contributed by atoms with Crippen LogP contribution in [0.1, 0.15) is 34.1 Å². The van der Waals surface area contributed by atoms with Crippen LogP contribution in [0.5, 0.6) is 0 Å². The minimum atomic E-state index is -3.71. The highest BCUT2D eigenvalue weighted by Gasteiger charge is 2.31. The van der Waals surface area contributed by atoms with E-state index in [1.807, 2.05) is 0 Å². The maximum absolute atomic E-state index is 12.6. The summed E-state index contributed by atoms with van der Waals surface area (Å²) < 4.78 is 25.9. The van der Waals surface area contributed by atoms with Crippen molar-refractivity contribution in [1.29, 1.82) is 0 Å².